The van der Waals surface area contributed by atoms with E-state index in [0.29, 0.717) is 29.1 Å². The minimum Gasteiger partial charge on any atom is -0.492 e. The SMILES string of the molecule is CCC[C@H]1N(C(=O)c2ncccc2C(F)(F)F)CCC[C@@]1(Oc1csc(C(F)(F)F)c1)C(=O)N1CCC(C#N)(c2ccccc2OCC(C)(C)C(=O)O)CC1. The number of alkyl halides is 6. The molecule has 5 rings (SSSR count). The molecule has 2 fully saturated rings. The Kier molecular flexibility index (Phi) is 11.8. The minimum absolute atomic E-state index is 0.0326. The summed E-state index contributed by atoms with van der Waals surface area (Å²) < 4.78 is 95.5. The van der Waals surface area contributed by atoms with Gasteiger partial charge in [-0.25, -0.2) is 0 Å². The first-order valence-corrected chi connectivity index (χ1v) is 18.5. The molecule has 0 unspecified atom stereocenters. The van der Waals surface area contributed by atoms with Gasteiger partial charge in [0.2, 0.25) is 5.60 Å². The van der Waals surface area contributed by atoms with E-state index in [0.717, 1.165) is 34.7 Å². The monoisotopic (exact) mass is 794 g/mol. The van der Waals surface area contributed by atoms with Crippen LogP contribution in [-0.4, -0.2) is 75.6 Å². The van der Waals surface area contributed by atoms with Crippen LogP contribution in [0.15, 0.2) is 54.0 Å². The van der Waals surface area contributed by atoms with E-state index in [1.54, 1.807) is 31.2 Å². The zero-order valence-electron chi connectivity index (χ0n) is 30.3. The van der Waals surface area contributed by atoms with Gasteiger partial charge in [-0.05, 0) is 57.7 Å². The van der Waals surface area contributed by atoms with Crippen molar-refractivity contribution in [3.05, 3.63) is 75.7 Å². The molecule has 0 saturated carbocycles. The van der Waals surface area contributed by atoms with Crippen LogP contribution in [0.5, 0.6) is 11.5 Å². The molecule has 2 aliphatic rings. The number of para-hydroxylation sites is 1. The molecule has 1 N–H and O–H groups in total. The number of benzene rings is 1. The Morgan fingerprint density at radius 2 is 1.71 bits per heavy atom. The molecule has 2 aromatic heterocycles. The van der Waals surface area contributed by atoms with Crippen LogP contribution >= 0.6 is 11.3 Å². The number of likely N-dealkylation sites (tertiary alicyclic amines) is 2. The average molecular weight is 795 g/mol. The van der Waals surface area contributed by atoms with Crippen molar-refractivity contribution in [1.29, 1.82) is 5.26 Å². The number of rotatable bonds is 11. The molecular weight excluding hydrogens is 754 g/mol. The topological polar surface area (TPSA) is 133 Å². The van der Waals surface area contributed by atoms with E-state index in [9.17, 15) is 51.1 Å². The first-order valence-electron chi connectivity index (χ1n) is 17.6. The zero-order chi connectivity index (χ0) is 40.4. The first kappa shape index (κ1) is 41.3. The number of carbonyl (C=O) groups excluding carboxylic acids is 2. The van der Waals surface area contributed by atoms with E-state index < -0.39 is 68.7 Å². The van der Waals surface area contributed by atoms with Crippen molar-refractivity contribution in [3.63, 3.8) is 0 Å². The molecule has 296 valence electrons. The Labute approximate surface area is 317 Å². The van der Waals surface area contributed by atoms with Gasteiger partial charge in [0.05, 0.1) is 28.5 Å². The van der Waals surface area contributed by atoms with Crippen molar-refractivity contribution in [2.75, 3.05) is 26.2 Å². The lowest BCUT2D eigenvalue weighted by Gasteiger charge is -2.51. The Bertz CT molecular complexity index is 1930. The minimum atomic E-state index is -4.93. The number of carboxylic acids is 1. The first-order chi connectivity index (χ1) is 25.8. The fourth-order valence-corrected chi connectivity index (χ4v) is 7.86. The van der Waals surface area contributed by atoms with Crippen LogP contribution in [0.1, 0.15) is 85.8 Å². The van der Waals surface area contributed by atoms with Gasteiger partial charge in [0, 0.05) is 49.3 Å². The summed E-state index contributed by atoms with van der Waals surface area (Å²) in [4.78, 5) is 46.0. The summed E-state index contributed by atoms with van der Waals surface area (Å²) in [5.41, 5.74) is -6.10. The zero-order valence-corrected chi connectivity index (χ0v) is 31.1. The maximum atomic E-state index is 15.0. The molecular formula is C38H40F6N4O6S. The predicted octanol–water partition coefficient (Wildman–Crippen LogP) is 7.98. The third kappa shape index (κ3) is 8.39. The van der Waals surface area contributed by atoms with Gasteiger partial charge in [-0.3, -0.25) is 19.4 Å². The van der Waals surface area contributed by atoms with Crippen molar-refractivity contribution >= 4 is 29.1 Å². The number of aliphatic carboxylic acids is 1. The number of carboxylic acid groups (broad SMARTS) is 1. The second kappa shape index (κ2) is 15.7. The van der Waals surface area contributed by atoms with Crippen molar-refractivity contribution in [3.8, 4) is 17.6 Å². The normalized spacial score (nSPS) is 20.4. The molecule has 3 aromatic rings. The maximum Gasteiger partial charge on any atom is 0.425 e. The van der Waals surface area contributed by atoms with Crippen molar-refractivity contribution < 1.29 is 55.3 Å². The fourth-order valence-electron chi connectivity index (χ4n) is 7.18. The smallest absolute Gasteiger partial charge is 0.425 e. The van der Waals surface area contributed by atoms with Gasteiger partial charge in [-0.2, -0.15) is 31.6 Å². The van der Waals surface area contributed by atoms with Gasteiger partial charge in [0.25, 0.3) is 11.8 Å². The molecule has 2 aliphatic heterocycles. The highest BCUT2D eigenvalue weighted by Crippen LogP contribution is 2.45. The molecule has 2 amide bonds. The Morgan fingerprint density at radius 1 is 1.02 bits per heavy atom. The number of nitriles is 1. The second-order valence-corrected chi connectivity index (χ2v) is 15.3. The van der Waals surface area contributed by atoms with Gasteiger partial charge in [0.1, 0.15) is 28.7 Å². The number of amides is 2. The lowest BCUT2D eigenvalue weighted by atomic mass is 9.72. The van der Waals surface area contributed by atoms with Crippen LogP contribution < -0.4 is 9.47 Å². The summed E-state index contributed by atoms with van der Waals surface area (Å²) in [6, 6.07) is 10.4. The molecule has 10 nitrogen and oxygen atoms in total. The standard InChI is InChI=1S/C38H40F6N4O6S/c1-4-9-28-36(54-24-20-29(55-21-24)38(42,43)44,13-8-17-48(28)31(49)30-26(37(39,40)41)11-7-16-46-30)32(50)47-18-14-35(22-45,15-19-47)25-10-5-6-12-27(25)53-23-34(2,3)33(51)52/h5-7,10-12,16,20-21,28H,4,8-9,13-15,17-19,23H2,1-3H3,(H,51,52)/t28-,36+/m1/s1. The van der Waals surface area contributed by atoms with Gasteiger partial charge in [0.15, 0.2) is 0 Å². The Balaban J connectivity index is 1.52. The lowest BCUT2D eigenvalue weighted by Crippen LogP contribution is -2.68. The molecule has 0 aliphatic carbocycles. The van der Waals surface area contributed by atoms with Crippen LogP contribution in [0, 0.1) is 16.7 Å². The van der Waals surface area contributed by atoms with Crippen LogP contribution in [0.25, 0.3) is 0 Å². The quantitative estimate of drug-likeness (QED) is 0.193. The number of ether oxygens (including phenoxy) is 2. The molecule has 4 heterocycles. The van der Waals surface area contributed by atoms with Gasteiger partial charge in [-0.1, -0.05) is 31.5 Å². The number of piperidine rings is 2. The van der Waals surface area contributed by atoms with E-state index in [-0.39, 0.29) is 64.1 Å². The molecule has 0 spiro atoms. The summed E-state index contributed by atoms with van der Waals surface area (Å²) >= 11 is 0.352. The summed E-state index contributed by atoms with van der Waals surface area (Å²) in [6.07, 6.45) is -8.07. The van der Waals surface area contributed by atoms with E-state index in [2.05, 4.69) is 11.1 Å². The number of carbonyl (C=O) groups is 3. The molecule has 55 heavy (non-hydrogen) atoms. The number of pyridine rings is 1. The number of hydrogen-bond acceptors (Lipinski definition) is 8. The third-order valence-corrected chi connectivity index (χ3v) is 11.2. The number of nitrogens with zero attached hydrogens (tertiary/aromatic N) is 4. The highest BCUT2D eigenvalue weighted by Gasteiger charge is 2.57. The number of halogens is 6. The predicted molar refractivity (Wildman–Crippen MR) is 187 cm³/mol. The van der Waals surface area contributed by atoms with Crippen LogP contribution in [0.2, 0.25) is 0 Å². The van der Waals surface area contributed by atoms with Crippen molar-refractivity contribution in [1.82, 2.24) is 14.8 Å². The van der Waals surface area contributed by atoms with Crippen molar-refractivity contribution in [2.45, 2.75) is 88.7 Å². The highest BCUT2D eigenvalue weighted by atomic mass is 32.1. The Hall–Kier alpha value is -4.85. The number of hydrogen-bond donors (Lipinski definition) is 1. The van der Waals surface area contributed by atoms with E-state index in [4.69, 9.17) is 9.47 Å². The summed E-state index contributed by atoms with van der Waals surface area (Å²) in [6.45, 7) is 4.40. The summed E-state index contributed by atoms with van der Waals surface area (Å²) in [5.74, 6) is -2.84. The number of aromatic nitrogens is 1. The molecule has 2 atom stereocenters. The molecule has 0 bridgehead atoms. The summed E-state index contributed by atoms with van der Waals surface area (Å²) in [7, 11) is 0. The second-order valence-electron chi connectivity index (χ2n) is 14.4. The Morgan fingerprint density at radius 3 is 2.31 bits per heavy atom. The third-order valence-electron chi connectivity index (χ3n) is 10.2. The molecule has 0 radical (unpaired) electrons. The highest BCUT2D eigenvalue weighted by molar-refractivity contribution is 7.10. The largest absolute Gasteiger partial charge is 0.492 e. The fraction of sp³-hybridized carbons (Fsp3) is 0.500. The molecule has 2 saturated heterocycles. The van der Waals surface area contributed by atoms with Crippen molar-refractivity contribution in [2.24, 2.45) is 5.41 Å². The number of thiophene rings is 1. The van der Waals surface area contributed by atoms with E-state index in [1.165, 1.54) is 18.7 Å². The van der Waals surface area contributed by atoms with Gasteiger partial charge >= 0.3 is 18.3 Å². The molecule has 17 heteroatoms. The molecule has 1 aromatic carbocycles. The maximum absolute atomic E-state index is 15.0. The van der Waals surface area contributed by atoms with Crippen LogP contribution in [-0.2, 0) is 27.4 Å². The summed E-state index contributed by atoms with van der Waals surface area (Å²) in [5, 5.41) is 21.2. The van der Waals surface area contributed by atoms with Gasteiger partial charge < -0.3 is 24.4 Å². The van der Waals surface area contributed by atoms with Crippen LogP contribution in [0.3, 0.4) is 0 Å². The lowest BCUT2D eigenvalue weighted by molar-refractivity contribution is -0.160. The van der Waals surface area contributed by atoms with E-state index in [1.807, 2.05) is 0 Å². The average Bonchev–Trinajstić information content (AvgIpc) is 3.63. The van der Waals surface area contributed by atoms with E-state index >= 15 is 0 Å². The van der Waals surface area contributed by atoms with Crippen LogP contribution in [0.4, 0.5) is 26.3 Å². The van der Waals surface area contributed by atoms with Gasteiger partial charge in [-0.15, -0.1) is 11.3 Å².